The molecule has 0 aliphatic carbocycles. The predicted molar refractivity (Wildman–Crippen MR) is 62.6 cm³/mol. The van der Waals surface area contributed by atoms with Gasteiger partial charge in [0.05, 0.1) is 17.6 Å². The number of carbonyl (C=O) groups excluding carboxylic acids is 1. The molecular formula is C8H15N5O3S. The molecule has 1 aromatic heterocycles. The Labute approximate surface area is 99.0 Å². The van der Waals surface area contributed by atoms with Gasteiger partial charge in [-0.15, -0.1) is 0 Å². The lowest BCUT2D eigenvalue weighted by atomic mass is 10.3. The number of sulfonamides is 1. The summed E-state index contributed by atoms with van der Waals surface area (Å²) in [6.07, 6.45) is 1.37. The number of nitrogens with two attached hydrogens (primary N) is 2. The van der Waals surface area contributed by atoms with Gasteiger partial charge < -0.3 is 11.1 Å². The molecule has 1 heterocycles. The molecule has 5 N–H and O–H groups in total. The van der Waals surface area contributed by atoms with Crippen LogP contribution < -0.4 is 16.2 Å². The lowest BCUT2D eigenvalue weighted by molar-refractivity contribution is 0.0946. The van der Waals surface area contributed by atoms with Crippen molar-refractivity contribution in [2.45, 2.75) is 13.5 Å². The molecule has 0 unspecified atom stereocenters. The highest BCUT2D eigenvalue weighted by molar-refractivity contribution is 7.89. The van der Waals surface area contributed by atoms with E-state index in [0.29, 0.717) is 6.54 Å². The molecule has 9 heteroatoms. The standard InChI is InChI=1S/C8H15N5O3S/c1-2-13-7(6(9)5-12-13)8(14)11-3-4-17(10,15)16/h5H,2-4,9H2,1H3,(H,11,14)(H2,10,15,16). The first kappa shape index (κ1) is 13.5. The highest BCUT2D eigenvalue weighted by atomic mass is 32.2. The SMILES string of the molecule is CCn1ncc(N)c1C(=O)NCCS(N)(=O)=O. The molecule has 96 valence electrons. The molecule has 0 aromatic carbocycles. The maximum Gasteiger partial charge on any atom is 0.271 e. The minimum Gasteiger partial charge on any atom is -0.396 e. The van der Waals surface area contributed by atoms with E-state index in [9.17, 15) is 13.2 Å². The topological polar surface area (TPSA) is 133 Å². The monoisotopic (exact) mass is 261 g/mol. The number of nitrogens with one attached hydrogen (secondary N) is 1. The van der Waals surface area contributed by atoms with Gasteiger partial charge in [-0.3, -0.25) is 9.48 Å². The Kier molecular flexibility index (Phi) is 4.07. The van der Waals surface area contributed by atoms with Crippen molar-refractivity contribution in [1.29, 1.82) is 0 Å². The van der Waals surface area contributed by atoms with Crippen molar-refractivity contribution < 1.29 is 13.2 Å². The molecule has 17 heavy (non-hydrogen) atoms. The molecule has 0 radical (unpaired) electrons. The summed E-state index contributed by atoms with van der Waals surface area (Å²) in [7, 11) is -3.58. The summed E-state index contributed by atoms with van der Waals surface area (Å²) in [6, 6.07) is 0. The molecule has 0 saturated carbocycles. The number of amides is 1. The van der Waals surface area contributed by atoms with E-state index < -0.39 is 15.9 Å². The lowest BCUT2D eigenvalue weighted by Gasteiger charge is -2.06. The van der Waals surface area contributed by atoms with Gasteiger partial charge >= 0.3 is 0 Å². The van der Waals surface area contributed by atoms with Crippen LogP contribution in [0, 0.1) is 0 Å². The Balaban J connectivity index is 2.67. The van der Waals surface area contributed by atoms with Crippen LogP contribution in [0.1, 0.15) is 17.4 Å². The van der Waals surface area contributed by atoms with Crippen molar-refractivity contribution in [3.05, 3.63) is 11.9 Å². The third-order valence-corrected chi connectivity index (χ3v) is 2.83. The van der Waals surface area contributed by atoms with E-state index in [0.717, 1.165) is 0 Å². The first-order chi connectivity index (χ1) is 7.85. The zero-order valence-electron chi connectivity index (χ0n) is 9.38. The van der Waals surface area contributed by atoms with E-state index >= 15 is 0 Å². The fourth-order valence-electron chi connectivity index (χ4n) is 1.28. The number of hydrogen-bond donors (Lipinski definition) is 3. The van der Waals surface area contributed by atoms with E-state index in [1.165, 1.54) is 10.9 Å². The zero-order chi connectivity index (χ0) is 13.1. The fourth-order valence-corrected chi connectivity index (χ4v) is 1.66. The van der Waals surface area contributed by atoms with Gasteiger partial charge in [-0.05, 0) is 6.92 Å². The van der Waals surface area contributed by atoms with Crippen molar-refractivity contribution in [2.24, 2.45) is 5.14 Å². The van der Waals surface area contributed by atoms with E-state index in [2.05, 4.69) is 10.4 Å². The summed E-state index contributed by atoms with van der Waals surface area (Å²) in [4.78, 5) is 11.7. The molecule has 0 spiro atoms. The summed E-state index contributed by atoms with van der Waals surface area (Å²) >= 11 is 0. The second-order valence-electron chi connectivity index (χ2n) is 3.39. The van der Waals surface area contributed by atoms with Gasteiger partial charge in [0.1, 0.15) is 5.69 Å². The van der Waals surface area contributed by atoms with Crippen LogP contribution in [-0.2, 0) is 16.6 Å². The molecular weight excluding hydrogens is 246 g/mol. The van der Waals surface area contributed by atoms with Crippen LogP contribution in [0.4, 0.5) is 5.69 Å². The molecule has 0 atom stereocenters. The van der Waals surface area contributed by atoms with Crippen LogP contribution in [0.3, 0.4) is 0 Å². The quantitative estimate of drug-likeness (QED) is 0.593. The van der Waals surface area contributed by atoms with Gasteiger partial charge in [0.2, 0.25) is 10.0 Å². The second-order valence-corrected chi connectivity index (χ2v) is 5.12. The Hall–Kier alpha value is -1.61. The van der Waals surface area contributed by atoms with Crippen molar-refractivity contribution in [2.75, 3.05) is 18.0 Å². The Bertz CT molecular complexity index is 507. The molecule has 1 aromatic rings. The Morgan fingerprint density at radius 3 is 2.76 bits per heavy atom. The van der Waals surface area contributed by atoms with Gasteiger partial charge in [-0.25, -0.2) is 13.6 Å². The largest absolute Gasteiger partial charge is 0.396 e. The number of aromatic nitrogens is 2. The minimum absolute atomic E-state index is 0.0635. The van der Waals surface area contributed by atoms with Gasteiger partial charge in [0.25, 0.3) is 5.91 Å². The summed E-state index contributed by atoms with van der Waals surface area (Å²) < 4.78 is 22.8. The second kappa shape index (κ2) is 5.15. The average molecular weight is 261 g/mol. The normalized spacial score (nSPS) is 11.4. The predicted octanol–water partition coefficient (Wildman–Crippen LogP) is -1.50. The average Bonchev–Trinajstić information content (AvgIpc) is 2.57. The van der Waals surface area contributed by atoms with E-state index in [1.807, 2.05) is 6.92 Å². The number of nitrogens with zero attached hydrogens (tertiary/aromatic N) is 2. The van der Waals surface area contributed by atoms with Crippen LogP contribution >= 0.6 is 0 Å². The Morgan fingerprint density at radius 2 is 2.24 bits per heavy atom. The number of primary sulfonamides is 1. The molecule has 0 aliphatic heterocycles. The van der Waals surface area contributed by atoms with Gasteiger partial charge in [-0.2, -0.15) is 5.10 Å². The minimum atomic E-state index is -3.58. The number of rotatable bonds is 5. The molecule has 0 saturated heterocycles. The van der Waals surface area contributed by atoms with Crippen LogP contribution in [0.2, 0.25) is 0 Å². The highest BCUT2D eigenvalue weighted by Crippen LogP contribution is 2.09. The Morgan fingerprint density at radius 1 is 1.59 bits per heavy atom. The van der Waals surface area contributed by atoms with Gasteiger partial charge in [-0.1, -0.05) is 0 Å². The highest BCUT2D eigenvalue weighted by Gasteiger charge is 2.16. The van der Waals surface area contributed by atoms with E-state index in [4.69, 9.17) is 10.9 Å². The maximum absolute atomic E-state index is 11.7. The number of anilines is 1. The number of hydrogen-bond acceptors (Lipinski definition) is 5. The third-order valence-electron chi connectivity index (χ3n) is 2.05. The number of aryl methyl sites for hydroxylation is 1. The van der Waals surface area contributed by atoms with Crippen LogP contribution in [0.25, 0.3) is 0 Å². The van der Waals surface area contributed by atoms with Crippen LogP contribution in [0.15, 0.2) is 6.20 Å². The summed E-state index contributed by atoms with van der Waals surface area (Å²) in [6.45, 7) is 2.24. The summed E-state index contributed by atoms with van der Waals surface area (Å²) in [5, 5.41) is 11.1. The molecule has 8 nitrogen and oxygen atoms in total. The van der Waals surface area contributed by atoms with Crippen LogP contribution in [0.5, 0.6) is 0 Å². The lowest BCUT2D eigenvalue weighted by Crippen LogP contribution is -2.33. The van der Waals surface area contributed by atoms with E-state index in [1.54, 1.807) is 0 Å². The molecule has 0 aliphatic rings. The van der Waals surface area contributed by atoms with Crippen molar-refractivity contribution in [3.8, 4) is 0 Å². The first-order valence-electron chi connectivity index (χ1n) is 4.95. The van der Waals surface area contributed by atoms with Crippen molar-refractivity contribution in [1.82, 2.24) is 15.1 Å². The molecule has 0 bridgehead atoms. The fraction of sp³-hybridized carbons (Fsp3) is 0.500. The molecule has 1 rings (SSSR count). The number of nitrogen functional groups attached to an aromatic ring is 1. The molecule has 0 fully saturated rings. The number of carbonyl (C=O) groups is 1. The van der Waals surface area contributed by atoms with Gasteiger partial charge in [0, 0.05) is 13.1 Å². The van der Waals surface area contributed by atoms with Crippen molar-refractivity contribution in [3.63, 3.8) is 0 Å². The van der Waals surface area contributed by atoms with Crippen molar-refractivity contribution >= 4 is 21.6 Å². The first-order valence-corrected chi connectivity index (χ1v) is 6.66. The third kappa shape index (κ3) is 3.71. The summed E-state index contributed by atoms with van der Waals surface area (Å²) in [5.41, 5.74) is 6.06. The van der Waals surface area contributed by atoms with Crippen LogP contribution in [-0.4, -0.2) is 36.4 Å². The molecule has 1 amide bonds. The van der Waals surface area contributed by atoms with Gasteiger partial charge in [0.15, 0.2) is 0 Å². The summed E-state index contributed by atoms with van der Waals surface area (Å²) in [5.74, 6) is -0.788. The van der Waals surface area contributed by atoms with E-state index in [-0.39, 0.29) is 23.7 Å². The smallest absolute Gasteiger partial charge is 0.271 e. The zero-order valence-corrected chi connectivity index (χ0v) is 10.2. The maximum atomic E-state index is 11.7.